The Bertz CT molecular complexity index is 555. The van der Waals surface area contributed by atoms with E-state index in [4.69, 9.17) is 0 Å². The third-order valence-corrected chi connectivity index (χ3v) is 2.18. The Morgan fingerprint density at radius 3 is 2.68 bits per heavy atom. The van der Waals surface area contributed by atoms with Crippen LogP contribution >= 0.6 is 0 Å². The van der Waals surface area contributed by atoms with Crippen molar-refractivity contribution >= 4 is 11.8 Å². The summed E-state index contributed by atoms with van der Waals surface area (Å²) in [5.74, 6) is -1.85. The van der Waals surface area contributed by atoms with Gasteiger partial charge in [-0.3, -0.25) is 4.79 Å². The van der Waals surface area contributed by atoms with Crippen LogP contribution in [0.5, 0.6) is 0 Å². The number of ether oxygens (including phenoxy) is 1. The SMILES string of the molecule is CCOC(=O)Cc1cc(C(F)F)c([N+](=O)[O-])[nH]c1=O. The molecular weight excluding hydrogens is 266 g/mol. The van der Waals surface area contributed by atoms with Gasteiger partial charge in [-0.25, -0.2) is 18.6 Å². The van der Waals surface area contributed by atoms with Gasteiger partial charge >= 0.3 is 17.3 Å². The minimum atomic E-state index is -3.14. The maximum absolute atomic E-state index is 12.6. The summed E-state index contributed by atoms with van der Waals surface area (Å²) in [7, 11) is 0. The number of hydrogen-bond donors (Lipinski definition) is 1. The number of nitro groups is 1. The minimum Gasteiger partial charge on any atom is -0.466 e. The van der Waals surface area contributed by atoms with Crippen LogP contribution in [0.3, 0.4) is 0 Å². The smallest absolute Gasteiger partial charge is 0.335 e. The highest BCUT2D eigenvalue weighted by Gasteiger charge is 2.24. The van der Waals surface area contributed by atoms with E-state index in [-0.39, 0.29) is 12.2 Å². The highest BCUT2D eigenvalue weighted by Crippen LogP contribution is 2.26. The molecule has 0 saturated carbocycles. The molecule has 0 aromatic carbocycles. The Morgan fingerprint density at radius 1 is 1.58 bits per heavy atom. The first kappa shape index (κ1) is 14.7. The van der Waals surface area contributed by atoms with Crippen molar-refractivity contribution in [1.82, 2.24) is 4.98 Å². The third kappa shape index (κ3) is 3.57. The van der Waals surface area contributed by atoms with Crippen molar-refractivity contribution in [2.45, 2.75) is 19.8 Å². The van der Waals surface area contributed by atoms with Gasteiger partial charge < -0.3 is 14.9 Å². The van der Waals surface area contributed by atoms with Gasteiger partial charge in [0.25, 0.3) is 6.43 Å². The highest BCUT2D eigenvalue weighted by atomic mass is 19.3. The van der Waals surface area contributed by atoms with Crippen LogP contribution in [-0.2, 0) is 16.0 Å². The maximum Gasteiger partial charge on any atom is 0.335 e. The number of hydrogen-bond acceptors (Lipinski definition) is 5. The average molecular weight is 276 g/mol. The molecule has 104 valence electrons. The standard InChI is InChI=1S/C10H10F2N2O5/c1-2-19-7(15)4-5-3-6(8(11)12)9(14(17)18)13-10(5)16/h3,8H,2,4H2,1H3,(H,13,16). The number of nitrogens with one attached hydrogen (secondary N) is 1. The topological polar surface area (TPSA) is 102 Å². The second kappa shape index (κ2) is 6.03. The number of alkyl halides is 2. The molecule has 0 saturated heterocycles. The number of aromatic amines is 1. The largest absolute Gasteiger partial charge is 0.466 e. The second-order valence-corrected chi connectivity index (χ2v) is 3.47. The van der Waals surface area contributed by atoms with Gasteiger partial charge in [0.05, 0.1) is 18.6 Å². The third-order valence-electron chi connectivity index (χ3n) is 2.18. The van der Waals surface area contributed by atoms with Gasteiger partial charge in [0.1, 0.15) is 5.56 Å². The maximum atomic E-state index is 12.6. The Hall–Kier alpha value is -2.32. The van der Waals surface area contributed by atoms with Gasteiger partial charge in [0.15, 0.2) is 0 Å². The van der Waals surface area contributed by atoms with Crippen molar-refractivity contribution in [2.75, 3.05) is 6.61 Å². The number of esters is 1. The van der Waals surface area contributed by atoms with E-state index < -0.39 is 40.7 Å². The first-order valence-electron chi connectivity index (χ1n) is 5.21. The molecule has 0 aliphatic rings. The van der Waals surface area contributed by atoms with Crippen molar-refractivity contribution in [3.63, 3.8) is 0 Å². The number of halogens is 2. The van der Waals surface area contributed by atoms with Crippen molar-refractivity contribution in [2.24, 2.45) is 0 Å². The van der Waals surface area contributed by atoms with Gasteiger partial charge in [-0.2, -0.15) is 0 Å². The van der Waals surface area contributed by atoms with Crippen LogP contribution in [-0.4, -0.2) is 22.5 Å². The summed E-state index contributed by atoms with van der Waals surface area (Å²) >= 11 is 0. The monoisotopic (exact) mass is 276 g/mol. The molecule has 1 aromatic heterocycles. The summed E-state index contributed by atoms with van der Waals surface area (Å²) < 4.78 is 29.9. The number of nitrogens with zero attached hydrogens (tertiary/aromatic N) is 1. The molecule has 0 aliphatic carbocycles. The molecule has 1 N–H and O–H groups in total. The first-order valence-corrected chi connectivity index (χ1v) is 5.21. The van der Waals surface area contributed by atoms with E-state index in [1.165, 1.54) is 0 Å². The molecule has 0 radical (unpaired) electrons. The van der Waals surface area contributed by atoms with Crippen molar-refractivity contribution < 1.29 is 23.2 Å². The number of aromatic nitrogens is 1. The Labute approximate surface area is 105 Å². The molecule has 0 aliphatic heterocycles. The lowest BCUT2D eigenvalue weighted by Crippen LogP contribution is -2.20. The molecule has 1 aromatic rings. The predicted octanol–water partition coefficient (Wildman–Crippen LogP) is 1.33. The first-order chi connectivity index (χ1) is 8.86. The summed E-state index contributed by atoms with van der Waals surface area (Å²) in [6.07, 6.45) is -3.67. The molecule has 0 unspecified atom stereocenters. The van der Waals surface area contributed by atoms with E-state index >= 15 is 0 Å². The van der Waals surface area contributed by atoms with E-state index in [1.54, 1.807) is 11.9 Å². The molecule has 7 nitrogen and oxygen atoms in total. The number of H-pyrrole nitrogens is 1. The van der Waals surface area contributed by atoms with Gasteiger partial charge in [0, 0.05) is 0 Å². The summed E-state index contributed by atoms with van der Waals surface area (Å²) in [6, 6.07) is 0.651. The number of pyridine rings is 1. The van der Waals surface area contributed by atoms with Gasteiger partial charge in [-0.1, -0.05) is 0 Å². The summed E-state index contributed by atoms with van der Waals surface area (Å²) in [4.78, 5) is 33.8. The van der Waals surface area contributed by atoms with Crippen LogP contribution in [0.4, 0.5) is 14.6 Å². The average Bonchev–Trinajstić information content (AvgIpc) is 2.31. The molecule has 0 amide bonds. The molecule has 0 bridgehead atoms. The van der Waals surface area contributed by atoms with Gasteiger partial charge in [-0.15, -0.1) is 0 Å². The minimum absolute atomic E-state index is 0.0748. The molecule has 0 atom stereocenters. The van der Waals surface area contributed by atoms with E-state index in [1.807, 2.05) is 0 Å². The zero-order valence-corrected chi connectivity index (χ0v) is 9.81. The van der Waals surface area contributed by atoms with E-state index in [2.05, 4.69) is 4.74 Å². The van der Waals surface area contributed by atoms with Crippen LogP contribution in [0.1, 0.15) is 24.5 Å². The van der Waals surface area contributed by atoms with Crippen LogP contribution in [0.25, 0.3) is 0 Å². The predicted molar refractivity (Wildman–Crippen MR) is 59.0 cm³/mol. The fourth-order valence-corrected chi connectivity index (χ4v) is 1.40. The Kier molecular flexibility index (Phi) is 4.67. The molecule has 1 heterocycles. The zero-order chi connectivity index (χ0) is 14.6. The van der Waals surface area contributed by atoms with Crippen LogP contribution in [0, 0.1) is 10.1 Å². The van der Waals surface area contributed by atoms with Crippen LogP contribution in [0.2, 0.25) is 0 Å². The van der Waals surface area contributed by atoms with E-state index in [9.17, 15) is 28.5 Å². The van der Waals surface area contributed by atoms with Crippen molar-refractivity contribution in [1.29, 1.82) is 0 Å². The zero-order valence-electron chi connectivity index (χ0n) is 9.81. The second-order valence-electron chi connectivity index (χ2n) is 3.47. The normalized spacial score (nSPS) is 10.5. The molecule has 1 rings (SSSR count). The Morgan fingerprint density at radius 2 is 2.21 bits per heavy atom. The lowest BCUT2D eigenvalue weighted by atomic mass is 10.1. The summed E-state index contributed by atoms with van der Waals surface area (Å²) in [6.45, 7) is 1.62. The molecule has 9 heteroatoms. The Balaban J connectivity index is 3.21. The fourth-order valence-electron chi connectivity index (χ4n) is 1.40. The molecule has 0 fully saturated rings. The van der Waals surface area contributed by atoms with Crippen molar-refractivity contribution in [3.8, 4) is 0 Å². The van der Waals surface area contributed by atoms with Crippen LogP contribution < -0.4 is 5.56 Å². The van der Waals surface area contributed by atoms with Crippen molar-refractivity contribution in [3.05, 3.63) is 37.7 Å². The summed E-state index contributed by atoms with van der Waals surface area (Å²) in [5.41, 5.74) is -2.22. The van der Waals surface area contributed by atoms with Gasteiger partial charge in [0.2, 0.25) is 0 Å². The molecular formula is C10H10F2N2O5. The van der Waals surface area contributed by atoms with E-state index in [0.29, 0.717) is 6.07 Å². The quantitative estimate of drug-likeness (QED) is 0.496. The number of carbonyl (C=O) groups is 1. The van der Waals surface area contributed by atoms with Crippen LogP contribution in [0.15, 0.2) is 10.9 Å². The lowest BCUT2D eigenvalue weighted by Gasteiger charge is -2.05. The molecule has 19 heavy (non-hydrogen) atoms. The van der Waals surface area contributed by atoms with Gasteiger partial charge in [-0.05, 0) is 17.9 Å². The van der Waals surface area contributed by atoms with E-state index in [0.717, 1.165) is 0 Å². The molecule has 0 spiro atoms. The fraction of sp³-hybridized carbons (Fsp3) is 0.400. The highest BCUT2D eigenvalue weighted by molar-refractivity contribution is 5.72. The lowest BCUT2D eigenvalue weighted by molar-refractivity contribution is -0.391. The number of rotatable bonds is 5. The number of carbonyl (C=O) groups excluding carboxylic acids is 1. The summed E-state index contributed by atoms with van der Waals surface area (Å²) in [5, 5.41) is 10.5.